The van der Waals surface area contributed by atoms with E-state index in [1.165, 1.54) is 12.1 Å². The van der Waals surface area contributed by atoms with Crippen LogP contribution in [0, 0.1) is 5.41 Å². The largest absolute Gasteiger partial charge is 0.434 e. The number of halogens is 2. The van der Waals surface area contributed by atoms with Gasteiger partial charge in [0.15, 0.2) is 0 Å². The van der Waals surface area contributed by atoms with E-state index < -0.39 is 12.7 Å². The fourth-order valence-corrected chi connectivity index (χ4v) is 2.74. The fraction of sp³-hybridized carbons (Fsp3) is 0.471. The molecule has 3 N–H and O–H groups in total. The highest BCUT2D eigenvalue weighted by atomic mass is 19.3. The van der Waals surface area contributed by atoms with Crippen LogP contribution in [0.4, 0.5) is 8.78 Å². The first-order chi connectivity index (χ1) is 11.2. The third-order valence-electron chi connectivity index (χ3n) is 3.66. The summed E-state index contributed by atoms with van der Waals surface area (Å²) in [4.78, 5) is 15.2. The summed E-state index contributed by atoms with van der Waals surface area (Å²) < 4.78 is 29.3. The number of carbonyl (C=O) groups is 1. The van der Waals surface area contributed by atoms with Gasteiger partial charge in [0.25, 0.3) is 5.91 Å². The lowest BCUT2D eigenvalue weighted by molar-refractivity contribution is -0.0487. The Balaban J connectivity index is 2.13. The minimum Gasteiger partial charge on any atom is -0.434 e. The molecule has 1 aromatic carbocycles. The van der Waals surface area contributed by atoms with Crippen molar-refractivity contribution >= 4 is 16.8 Å². The van der Waals surface area contributed by atoms with Gasteiger partial charge in [-0.05, 0) is 37.0 Å². The number of rotatable bonds is 7. The maximum Gasteiger partial charge on any atom is 0.387 e. The minimum atomic E-state index is -2.93. The maximum atomic E-state index is 12.4. The number of nitrogens with one attached hydrogen (secondary N) is 2. The van der Waals surface area contributed by atoms with Crippen LogP contribution in [0.15, 0.2) is 24.3 Å². The number of fused-ring (bicyclic) bond motifs is 1. The SMILES string of the molecule is CC(O)CC(C)(C)CNC(=O)c1cc2c(OC(F)F)cccc2[nH]1. The Kier molecular flexibility index (Phi) is 5.43. The highest BCUT2D eigenvalue weighted by molar-refractivity contribution is 5.99. The smallest absolute Gasteiger partial charge is 0.387 e. The number of ether oxygens (including phenoxy) is 1. The molecule has 132 valence electrons. The van der Waals surface area contributed by atoms with Crippen molar-refractivity contribution in [1.29, 1.82) is 0 Å². The Morgan fingerprint density at radius 2 is 2.12 bits per heavy atom. The third-order valence-corrected chi connectivity index (χ3v) is 3.66. The highest BCUT2D eigenvalue weighted by Gasteiger charge is 2.22. The van der Waals surface area contributed by atoms with E-state index >= 15 is 0 Å². The molecule has 0 saturated carbocycles. The quantitative estimate of drug-likeness (QED) is 0.724. The average molecular weight is 340 g/mol. The van der Waals surface area contributed by atoms with Crippen LogP contribution in [-0.2, 0) is 0 Å². The number of aromatic amines is 1. The monoisotopic (exact) mass is 340 g/mol. The van der Waals surface area contributed by atoms with Crippen molar-refractivity contribution < 1.29 is 23.4 Å². The van der Waals surface area contributed by atoms with Gasteiger partial charge in [0.05, 0.1) is 6.10 Å². The van der Waals surface area contributed by atoms with Crippen molar-refractivity contribution in [2.75, 3.05) is 6.54 Å². The zero-order chi connectivity index (χ0) is 17.9. The summed E-state index contributed by atoms with van der Waals surface area (Å²) >= 11 is 0. The fourth-order valence-electron chi connectivity index (χ4n) is 2.74. The second kappa shape index (κ2) is 7.17. The van der Waals surface area contributed by atoms with Crippen LogP contribution in [0.2, 0.25) is 0 Å². The van der Waals surface area contributed by atoms with Crippen molar-refractivity contribution in [3.63, 3.8) is 0 Å². The average Bonchev–Trinajstić information content (AvgIpc) is 2.88. The van der Waals surface area contributed by atoms with Gasteiger partial charge in [-0.1, -0.05) is 19.9 Å². The Labute approximate surface area is 139 Å². The number of alkyl halides is 2. The maximum absolute atomic E-state index is 12.4. The molecule has 1 unspecified atom stereocenters. The number of amides is 1. The molecule has 1 aromatic heterocycles. The molecule has 24 heavy (non-hydrogen) atoms. The molecule has 7 heteroatoms. The number of hydrogen-bond acceptors (Lipinski definition) is 3. The van der Waals surface area contributed by atoms with E-state index in [1.807, 2.05) is 13.8 Å². The molecule has 0 aliphatic rings. The lowest BCUT2D eigenvalue weighted by atomic mass is 9.87. The predicted octanol–water partition coefficient (Wildman–Crippen LogP) is 3.30. The zero-order valence-electron chi connectivity index (χ0n) is 13.9. The standard InChI is InChI=1S/C17H22F2N2O3/c1-10(22)8-17(2,3)9-20-15(23)13-7-11-12(21-13)5-4-6-14(11)24-16(18)19/h4-7,10,16,21-22H,8-9H2,1-3H3,(H,20,23). The Morgan fingerprint density at radius 3 is 2.75 bits per heavy atom. The Bertz CT molecular complexity index is 711. The normalized spacial score (nSPS) is 13.3. The Hall–Kier alpha value is -2.15. The van der Waals surface area contributed by atoms with Crippen molar-refractivity contribution in [2.45, 2.75) is 39.9 Å². The molecule has 0 radical (unpaired) electrons. The van der Waals surface area contributed by atoms with E-state index in [0.717, 1.165) is 0 Å². The molecule has 1 heterocycles. The van der Waals surface area contributed by atoms with Gasteiger partial charge in [-0.2, -0.15) is 8.78 Å². The molecular formula is C17H22F2N2O3. The molecule has 0 saturated heterocycles. The number of carbonyl (C=O) groups excluding carboxylic acids is 1. The predicted molar refractivity (Wildman–Crippen MR) is 87.3 cm³/mol. The van der Waals surface area contributed by atoms with Crippen LogP contribution in [-0.4, -0.2) is 35.3 Å². The summed E-state index contributed by atoms with van der Waals surface area (Å²) in [6, 6.07) is 6.17. The first-order valence-corrected chi connectivity index (χ1v) is 7.71. The van der Waals surface area contributed by atoms with Gasteiger partial charge in [-0.25, -0.2) is 0 Å². The van der Waals surface area contributed by atoms with Crippen LogP contribution < -0.4 is 10.1 Å². The lowest BCUT2D eigenvalue weighted by Crippen LogP contribution is -2.35. The van der Waals surface area contributed by atoms with Gasteiger partial charge >= 0.3 is 6.61 Å². The summed E-state index contributed by atoms with van der Waals surface area (Å²) in [5.74, 6) is -0.319. The van der Waals surface area contributed by atoms with E-state index in [2.05, 4.69) is 15.0 Å². The second-order valence-corrected chi connectivity index (χ2v) is 6.68. The molecule has 0 aliphatic heterocycles. The number of benzene rings is 1. The highest BCUT2D eigenvalue weighted by Crippen LogP contribution is 2.28. The molecule has 2 aromatic rings. The lowest BCUT2D eigenvalue weighted by Gasteiger charge is -2.26. The topological polar surface area (TPSA) is 74.3 Å². The third kappa shape index (κ3) is 4.67. The van der Waals surface area contributed by atoms with Gasteiger partial charge in [-0.15, -0.1) is 0 Å². The van der Waals surface area contributed by atoms with E-state index in [4.69, 9.17) is 0 Å². The Morgan fingerprint density at radius 1 is 1.42 bits per heavy atom. The second-order valence-electron chi connectivity index (χ2n) is 6.68. The van der Waals surface area contributed by atoms with E-state index in [9.17, 15) is 18.7 Å². The van der Waals surface area contributed by atoms with Crippen LogP contribution in [0.3, 0.4) is 0 Å². The van der Waals surface area contributed by atoms with Crippen LogP contribution in [0.5, 0.6) is 5.75 Å². The van der Waals surface area contributed by atoms with Crippen LogP contribution >= 0.6 is 0 Å². The summed E-state index contributed by atoms with van der Waals surface area (Å²) in [5, 5.41) is 12.7. The molecule has 1 amide bonds. The molecule has 5 nitrogen and oxygen atoms in total. The van der Waals surface area contributed by atoms with Crippen molar-refractivity contribution in [3.05, 3.63) is 30.0 Å². The number of H-pyrrole nitrogens is 1. The number of aliphatic hydroxyl groups excluding tert-OH is 1. The van der Waals surface area contributed by atoms with E-state index in [0.29, 0.717) is 23.9 Å². The first kappa shape index (κ1) is 18.2. The molecule has 0 aliphatic carbocycles. The molecule has 0 spiro atoms. The minimum absolute atomic E-state index is 0.0206. The van der Waals surface area contributed by atoms with E-state index in [-0.39, 0.29) is 22.8 Å². The summed E-state index contributed by atoms with van der Waals surface area (Å²) in [6.07, 6.45) is 0.0887. The van der Waals surface area contributed by atoms with Crippen molar-refractivity contribution in [2.24, 2.45) is 5.41 Å². The molecule has 0 bridgehead atoms. The van der Waals surface area contributed by atoms with Gasteiger partial charge in [0.2, 0.25) is 0 Å². The zero-order valence-corrected chi connectivity index (χ0v) is 13.9. The van der Waals surface area contributed by atoms with E-state index in [1.54, 1.807) is 19.1 Å². The summed E-state index contributed by atoms with van der Waals surface area (Å²) in [5.41, 5.74) is 0.546. The molecule has 0 fully saturated rings. The molecule has 1 atom stereocenters. The van der Waals surface area contributed by atoms with Gasteiger partial charge < -0.3 is 20.1 Å². The van der Waals surface area contributed by atoms with Gasteiger partial charge in [0.1, 0.15) is 11.4 Å². The van der Waals surface area contributed by atoms with Crippen LogP contribution in [0.1, 0.15) is 37.7 Å². The first-order valence-electron chi connectivity index (χ1n) is 7.71. The molecule has 2 rings (SSSR count). The number of hydrogen-bond donors (Lipinski definition) is 3. The number of aromatic nitrogens is 1. The summed E-state index contributed by atoms with van der Waals surface area (Å²) in [7, 11) is 0. The van der Waals surface area contributed by atoms with Crippen LogP contribution in [0.25, 0.3) is 10.9 Å². The van der Waals surface area contributed by atoms with Crippen molar-refractivity contribution in [3.8, 4) is 5.75 Å². The summed E-state index contributed by atoms with van der Waals surface area (Å²) in [6.45, 7) is 3.04. The van der Waals surface area contributed by atoms with Gasteiger partial charge in [-0.3, -0.25) is 4.79 Å². The number of aliphatic hydroxyl groups is 1. The molecular weight excluding hydrogens is 318 g/mol. The van der Waals surface area contributed by atoms with Crippen molar-refractivity contribution in [1.82, 2.24) is 10.3 Å². The van der Waals surface area contributed by atoms with Gasteiger partial charge in [0, 0.05) is 17.4 Å².